The summed E-state index contributed by atoms with van der Waals surface area (Å²) >= 11 is 0. The highest BCUT2D eigenvalue weighted by Gasteiger charge is 2.14. The molecule has 0 radical (unpaired) electrons. The van der Waals surface area contributed by atoms with Crippen LogP contribution in [0.5, 0.6) is 11.6 Å². The van der Waals surface area contributed by atoms with E-state index in [1.165, 1.54) is 23.2 Å². The van der Waals surface area contributed by atoms with E-state index in [1.54, 1.807) is 55.8 Å². The van der Waals surface area contributed by atoms with Crippen LogP contribution in [0.25, 0.3) is 0 Å². The summed E-state index contributed by atoms with van der Waals surface area (Å²) in [6.07, 6.45) is 5.80. The number of rotatable bonds is 5. The van der Waals surface area contributed by atoms with E-state index in [-0.39, 0.29) is 10.8 Å². The van der Waals surface area contributed by atoms with Crippen molar-refractivity contribution in [3.8, 4) is 11.6 Å². The molecule has 138 valence electrons. The van der Waals surface area contributed by atoms with Crippen LogP contribution in [0.15, 0.2) is 72.0 Å². The Morgan fingerprint density at radius 2 is 1.78 bits per heavy atom. The molecule has 0 saturated heterocycles. The summed E-state index contributed by atoms with van der Waals surface area (Å²) in [7, 11) is -1.60. The summed E-state index contributed by atoms with van der Waals surface area (Å²) in [5, 5.41) is 0. The van der Waals surface area contributed by atoms with Gasteiger partial charge in [0.2, 0.25) is 5.88 Å². The highest BCUT2D eigenvalue weighted by molar-refractivity contribution is 7.90. The first-order valence-corrected chi connectivity index (χ1v) is 9.86. The van der Waals surface area contributed by atoms with Crippen LogP contribution in [0, 0.1) is 0 Å². The second-order valence-electron chi connectivity index (χ2n) is 5.81. The number of pyridine rings is 2. The molecule has 0 saturated carbocycles. The minimum Gasteiger partial charge on any atom is -0.439 e. The molecular weight excluding hydrogens is 366 g/mol. The molecule has 1 amide bonds. The summed E-state index contributed by atoms with van der Waals surface area (Å²) in [5.41, 5.74) is 1.08. The van der Waals surface area contributed by atoms with Crippen molar-refractivity contribution in [2.75, 3.05) is 18.2 Å². The summed E-state index contributed by atoms with van der Waals surface area (Å²) in [5.74, 6) is 0.517. The van der Waals surface area contributed by atoms with Gasteiger partial charge in [0.15, 0.2) is 9.84 Å². The van der Waals surface area contributed by atoms with E-state index in [0.717, 1.165) is 6.26 Å². The number of aromatic nitrogens is 2. The van der Waals surface area contributed by atoms with Gasteiger partial charge >= 0.3 is 0 Å². The van der Waals surface area contributed by atoms with E-state index in [4.69, 9.17) is 4.74 Å². The number of amides is 1. The zero-order chi connectivity index (χ0) is 19.4. The van der Waals surface area contributed by atoms with E-state index >= 15 is 0 Å². The third kappa shape index (κ3) is 4.48. The average Bonchev–Trinajstić information content (AvgIpc) is 2.68. The third-order valence-corrected chi connectivity index (χ3v) is 4.92. The Morgan fingerprint density at radius 1 is 1.04 bits per heavy atom. The van der Waals surface area contributed by atoms with Crippen molar-refractivity contribution in [2.45, 2.75) is 4.90 Å². The van der Waals surface area contributed by atoms with E-state index in [2.05, 4.69) is 9.97 Å². The van der Waals surface area contributed by atoms with E-state index in [0.29, 0.717) is 22.9 Å². The molecule has 2 aromatic heterocycles. The largest absolute Gasteiger partial charge is 0.439 e. The molecule has 1 aromatic carbocycles. The Kier molecular flexibility index (Phi) is 5.18. The van der Waals surface area contributed by atoms with Crippen LogP contribution >= 0.6 is 0 Å². The SMILES string of the molecule is CN(C(=O)c1ccc(Oc2ccc(S(C)(=O)=O)cc2)nc1)c1cccnc1. The molecule has 0 N–H and O–H groups in total. The fraction of sp³-hybridized carbons (Fsp3) is 0.105. The van der Waals surface area contributed by atoms with Crippen molar-refractivity contribution in [3.05, 3.63) is 72.7 Å². The van der Waals surface area contributed by atoms with Gasteiger partial charge in [-0.25, -0.2) is 13.4 Å². The number of sulfone groups is 1. The smallest absolute Gasteiger partial charge is 0.259 e. The van der Waals surface area contributed by atoms with Gasteiger partial charge in [0, 0.05) is 31.8 Å². The predicted octanol–water partition coefficient (Wildman–Crippen LogP) is 2.95. The predicted molar refractivity (Wildman–Crippen MR) is 101 cm³/mol. The Morgan fingerprint density at radius 3 is 2.33 bits per heavy atom. The fourth-order valence-electron chi connectivity index (χ4n) is 2.31. The lowest BCUT2D eigenvalue weighted by molar-refractivity contribution is 0.0992. The first-order chi connectivity index (χ1) is 12.8. The first-order valence-electron chi connectivity index (χ1n) is 7.97. The molecule has 0 spiro atoms. The molecule has 27 heavy (non-hydrogen) atoms. The number of carbonyl (C=O) groups excluding carboxylic acids is 1. The molecule has 0 aliphatic rings. The second-order valence-corrected chi connectivity index (χ2v) is 7.82. The molecule has 3 rings (SSSR count). The van der Waals surface area contributed by atoms with Crippen molar-refractivity contribution in [1.29, 1.82) is 0 Å². The Balaban J connectivity index is 1.71. The molecule has 0 atom stereocenters. The van der Waals surface area contributed by atoms with Crippen LogP contribution in [0.2, 0.25) is 0 Å². The molecule has 8 heteroatoms. The van der Waals surface area contributed by atoms with Gasteiger partial charge in [-0.05, 0) is 42.5 Å². The Labute approximate surface area is 157 Å². The average molecular weight is 383 g/mol. The molecule has 0 fully saturated rings. The lowest BCUT2D eigenvalue weighted by Gasteiger charge is -2.16. The molecule has 2 heterocycles. The van der Waals surface area contributed by atoms with Crippen molar-refractivity contribution < 1.29 is 17.9 Å². The van der Waals surface area contributed by atoms with Gasteiger partial charge in [0.25, 0.3) is 5.91 Å². The van der Waals surface area contributed by atoms with Crippen LogP contribution in [0.4, 0.5) is 5.69 Å². The van der Waals surface area contributed by atoms with Gasteiger partial charge in [-0.2, -0.15) is 0 Å². The maximum atomic E-state index is 12.5. The van der Waals surface area contributed by atoms with E-state index in [1.807, 2.05) is 0 Å². The van der Waals surface area contributed by atoms with Gasteiger partial charge < -0.3 is 9.64 Å². The van der Waals surface area contributed by atoms with Crippen LogP contribution in [-0.2, 0) is 9.84 Å². The van der Waals surface area contributed by atoms with Crippen LogP contribution in [0.3, 0.4) is 0 Å². The second kappa shape index (κ2) is 7.55. The molecule has 7 nitrogen and oxygen atoms in total. The number of anilines is 1. The third-order valence-electron chi connectivity index (χ3n) is 3.80. The van der Waals surface area contributed by atoms with Gasteiger partial charge in [-0.3, -0.25) is 9.78 Å². The quantitative estimate of drug-likeness (QED) is 0.673. The first kappa shape index (κ1) is 18.5. The summed E-state index contributed by atoms with van der Waals surface area (Å²) < 4.78 is 28.5. The zero-order valence-corrected chi connectivity index (χ0v) is 15.6. The lowest BCUT2D eigenvalue weighted by atomic mass is 10.2. The van der Waals surface area contributed by atoms with Gasteiger partial charge in [-0.15, -0.1) is 0 Å². The summed E-state index contributed by atoms with van der Waals surface area (Å²) in [6, 6.07) is 12.8. The molecular formula is C19H17N3O4S. The maximum Gasteiger partial charge on any atom is 0.259 e. The number of hydrogen-bond donors (Lipinski definition) is 0. The van der Waals surface area contributed by atoms with Gasteiger partial charge in [-0.1, -0.05) is 0 Å². The van der Waals surface area contributed by atoms with Crippen LogP contribution in [-0.4, -0.2) is 37.6 Å². The molecule has 0 unspecified atom stereocenters. The molecule has 0 aliphatic carbocycles. The van der Waals surface area contributed by atoms with Gasteiger partial charge in [0.1, 0.15) is 5.75 Å². The Hall–Kier alpha value is -3.26. The van der Waals surface area contributed by atoms with E-state index in [9.17, 15) is 13.2 Å². The molecule has 0 aliphatic heterocycles. The van der Waals surface area contributed by atoms with Crippen molar-refractivity contribution in [1.82, 2.24) is 9.97 Å². The van der Waals surface area contributed by atoms with Crippen LogP contribution < -0.4 is 9.64 Å². The number of carbonyl (C=O) groups is 1. The normalized spacial score (nSPS) is 11.0. The Bertz CT molecular complexity index is 1030. The number of benzene rings is 1. The highest BCUT2D eigenvalue weighted by Crippen LogP contribution is 2.22. The minimum atomic E-state index is -3.26. The van der Waals surface area contributed by atoms with Crippen molar-refractivity contribution in [2.24, 2.45) is 0 Å². The molecule has 0 bridgehead atoms. The monoisotopic (exact) mass is 383 g/mol. The zero-order valence-electron chi connectivity index (χ0n) is 14.7. The van der Waals surface area contributed by atoms with Crippen LogP contribution in [0.1, 0.15) is 10.4 Å². The number of ether oxygens (including phenoxy) is 1. The highest BCUT2D eigenvalue weighted by atomic mass is 32.2. The van der Waals surface area contributed by atoms with Crippen molar-refractivity contribution in [3.63, 3.8) is 0 Å². The summed E-state index contributed by atoms with van der Waals surface area (Å²) in [6.45, 7) is 0. The maximum absolute atomic E-state index is 12.5. The van der Waals surface area contributed by atoms with E-state index < -0.39 is 9.84 Å². The molecule has 3 aromatic rings. The van der Waals surface area contributed by atoms with Gasteiger partial charge in [0.05, 0.1) is 22.3 Å². The van der Waals surface area contributed by atoms with Crippen molar-refractivity contribution >= 4 is 21.4 Å². The fourth-order valence-corrected chi connectivity index (χ4v) is 2.94. The number of nitrogens with zero attached hydrogens (tertiary/aromatic N) is 3. The minimum absolute atomic E-state index is 0.210. The topological polar surface area (TPSA) is 89.5 Å². The lowest BCUT2D eigenvalue weighted by Crippen LogP contribution is -2.26. The summed E-state index contributed by atoms with van der Waals surface area (Å²) in [4.78, 5) is 22.3. The number of hydrogen-bond acceptors (Lipinski definition) is 6. The standard InChI is InChI=1S/C19H17N3O4S/c1-22(15-4-3-11-20-13-15)19(23)14-5-10-18(21-12-14)26-16-6-8-17(9-7-16)27(2,24)25/h3-13H,1-2H3.